The lowest BCUT2D eigenvalue weighted by Crippen LogP contribution is -2.26. The number of unbranched alkanes of at least 4 members (excludes halogenated alkanes) is 1. The summed E-state index contributed by atoms with van der Waals surface area (Å²) in [4.78, 5) is 31.0. The SMILES string of the molecule is CCCCC(C=O)(C=O)C=O. The van der Waals surface area contributed by atoms with Crippen molar-refractivity contribution >= 4 is 18.9 Å². The van der Waals surface area contributed by atoms with E-state index >= 15 is 0 Å². The highest BCUT2D eigenvalue weighted by molar-refractivity contribution is 6.01. The Bertz CT molecular complexity index is 130. The third-order valence-electron chi connectivity index (χ3n) is 1.62. The molecule has 0 atom stereocenters. The van der Waals surface area contributed by atoms with Crippen LogP contribution in [0.1, 0.15) is 26.2 Å². The minimum absolute atomic E-state index is 0.333. The van der Waals surface area contributed by atoms with Crippen LogP contribution in [0.5, 0.6) is 0 Å². The average Bonchev–Trinajstić information content (AvgIpc) is 2.08. The lowest BCUT2D eigenvalue weighted by Gasteiger charge is -2.11. The summed E-state index contributed by atoms with van der Waals surface area (Å²) in [6.45, 7) is 1.94. The zero-order valence-electron chi connectivity index (χ0n) is 6.58. The summed E-state index contributed by atoms with van der Waals surface area (Å²) >= 11 is 0. The summed E-state index contributed by atoms with van der Waals surface area (Å²) in [7, 11) is 0. The fourth-order valence-electron chi connectivity index (χ4n) is 0.743. The van der Waals surface area contributed by atoms with Gasteiger partial charge in [-0.15, -0.1) is 0 Å². The normalized spacial score (nSPS) is 10.6. The second kappa shape index (κ2) is 4.77. The molecule has 0 radical (unpaired) electrons. The van der Waals surface area contributed by atoms with Crippen molar-refractivity contribution < 1.29 is 14.4 Å². The molecule has 0 amide bonds. The zero-order valence-corrected chi connectivity index (χ0v) is 6.58. The Balaban J connectivity index is 4.16. The largest absolute Gasteiger partial charge is 0.302 e. The Hall–Kier alpha value is -0.990. The average molecular weight is 156 g/mol. The van der Waals surface area contributed by atoms with Crippen molar-refractivity contribution in [3.8, 4) is 0 Å². The lowest BCUT2D eigenvalue weighted by molar-refractivity contribution is -0.133. The summed E-state index contributed by atoms with van der Waals surface area (Å²) < 4.78 is 0. The Labute approximate surface area is 65.8 Å². The fourth-order valence-corrected chi connectivity index (χ4v) is 0.743. The highest BCUT2D eigenvalue weighted by Gasteiger charge is 2.27. The molecule has 0 spiro atoms. The van der Waals surface area contributed by atoms with Crippen molar-refractivity contribution in [2.24, 2.45) is 5.41 Å². The van der Waals surface area contributed by atoms with Crippen LogP contribution in [0.15, 0.2) is 0 Å². The van der Waals surface area contributed by atoms with Gasteiger partial charge in [-0.25, -0.2) is 0 Å². The van der Waals surface area contributed by atoms with E-state index in [9.17, 15) is 14.4 Å². The zero-order chi connectivity index (χ0) is 8.74. The first kappa shape index (κ1) is 10.0. The topological polar surface area (TPSA) is 51.2 Å². The second-order valence-electron chi connectivity index (χ2n) is 2.57. The van der Waals surface area contributed by atoms with Gasteiger partial charge in [-0.05, 0) is 6.42 Å². The van der Waals surface area contributed by atoms with Gasteiger partial charge in [0.15, 0.2) is 0 Å². The standard InChI is InChI=1S/C8H12O3/c1-2-3-4-8(5-9,6-10)7-11/h5-7H,2-4H2,1H3. The highest BCUT2D eigenvalue weighted by Crippen LogP contribution is 2.15. The van der Waals surface area contributed by atoms with Crippen molar-refractivity contribution in [3.63, 3.8) is 0 Å². The van der Waals surface area contributed by atoms with Crippen LogP contribution in [0.3, 0.4) is 0 Å². The van der Waals surface area contributed by atoms with Gasteiger partial charge in [0, 0.05) is 0 Å². The van der Waals surface area contributed by atoms with Gasteiger partial charge in [0.1, 0.15) is 24.3 Å². The minimum atomic E-state index is -1.37. The number of aldehydes is 3. The van der Waals surface area contributed by atoms with Crippen LogP contribution in [0, 0.1) is 5.41 Å². The van der Waals surface area contributed by atoms with Crippen molar-refractivity contribution in [3.05, 3.63) is 0 Å². The van der Waals surface area contributed by atoms with E-state index in [2.05, 4.69) is 0 Å². The van der Waals surface area contributed by atoms with Crippen LogP contribution in [-0.2, 0) is 14.4 Å². The smallest absolute Gasteiger partial charge is 0.140 e. The van der Waals surface area contributed by atoms with Gasteiger partial charge in [-0.2, -0.15) is 0 Å². The molecule has 0 bridgehead atoms. The Morgan fingerprint density at radius 1 is 1.09 bits per heavy atom. The number of rotatable bonds is 6. The van der Waals surface area contributed by atoms with E-state index in [1.54, 1.807) is 0 Å². The van der Waals surface area contributed by atoms with E-state index in [4.69, 9.17) is 0 Å². The monoisotopic (exact) mass is 156 g/mol. The maximum atomic E-state index is 10.3. The molecule has 0 aliphatic carbocycles. The molecular weight excluding hydrogens is 144 g/mol. The van der Waals surface area contributed by atoms with Gasteiger partial charge in [-0.3, -0.25) is 0 Å². The summed E-state index contributed by atoms with van der Waals surface area (Å²) in [5, 5.41) is 0. The van der Waals surface area contributed by atoms with Gasteiger partial charge in [0.25, 0.3) is 0 Å². The summed E-state index contributed by atoms with van der Waals surface area (Å²) in [5.41, 5.74) is -1.37. The molecule has 0 heterocycles. The van der Waals surface area contributed by atoms with Crippen LogP contribution in [-0.4, -0.2) is 18.9 Å². The molecule has 0 aromatic heterocycles. The first-order valence-corrected chi connectivity index (χ1v) is 3.63. The van der Waals surface area contributed by atoms with Gasteiger partial charge in [-0.1, -0.05) is 19.8 Å². The molecule has 0 fully saturated rings. The van der Waals surface area contributed by atoms with Crippen LogP contribution in [0.2, 0.25) is 0 Å². The van der Waals surface area contributed by atoms with Gasteiger partial charge >= 0.3 is 0 Å². The van der Waals surface area contributed by atoms with E-state index in [1.165, 1.54) is 0 Å². The molecule has 0 N–H and O–H groups in total. The number of hydrogen-bond donors (Lipinski definition) is 0. The molecule has 3 nitrogen and oxygen atoms in total. The van der Waals surface area contributed by atoms with Crippen LogP contribution in [0.4, 0.5) is 0 Å². The number of carbonyl (C=O) groups excluding carboxylic acids is 3. The maximum Gasteiger partial charge on any atom is 0.140 e. The third kappa shape index (κ3) is 2.62. The number of carbonyl (C=O) groups is 3. The van der Waals surface area contributed by atoms with Crippen molar-refractivity contribution in [2.75, 3.05) is 0 Å². The molecule has 0 unspecified atom stereocenters. The van der Waals surface area contributed by atoms with E-state index < -0.39 is 5.41 Å². The quantitative estimate of drug-likeness (QED) is 0.421. The summed E-state index contributed by atoms with van der Waals surface area (Å²) in [6.07, 6.45) is 3.18. The van der Waals surface area contributed by atoms with E-state index in [1.807, 2.05) is 6.92 Å². The molecule has 62 valence electrons. The Morgan fingerprint density at radius 3 is 1.82 bits per heavy atom. The van der Waals surface area contributed by atoms with Gasteiger partial charge < -0.3 is 14.4 Å². The summed E-state index contributed by atoms with van der Waals surface area (Å²) in [6, 6.07) is 0. The highest BCUT2D eigenvalue weighted by atomic mass is 16.2. The minimum Gasteiger partial charge on any atom is -0.302 e. The van der Waals surface area contributed by atoms with E-state index in [0.717, 1.165) is 12.8 Å². The Kier molecular flexibility index (Phi) is 4.34. The van der Waals surface area contributed by atoms with Crippen LogP contribution in [0.25, 0.3) is 0 Å². The molecule has 0 saturated heterocycles. The molecule has 0 aliphatic heterocycles. The van der Waals surface area contributed by atoms with E-state index in [-0.39, 0.29) is 0 Å². The number of hydrogen-bond acceptors (Lipinski definition) is 3. The maximum absolute atomic E-state index is 10.3. The molecule has 0 aliphatic rings. The fraction of sp³-hybridized carbons (Fsp3) is 0.625. The second-order valence-corrected chi connectivity index (χ2v) is 2.57. The van der Waals surface area contributed by atoms with Crippen molar-refractivity contribution in [2.45, 2.75) is 26.2 Å². The molecule has 0 saturated carbocycles. The van der Waals surface area contributed by atoms with Gasteiger partial charge in [0.05, 0.1) is 0 Å². The molecule has 3 heteroatoms. The predicted molar refractivity (Wildman–Crippen MR) is 40.2 cm³/mol. The Morgan fingerprint density at radius 2 is 1.55 bits per heavy atom. The van der Waals surface area contributed by atoms with Crippen LogP contribution < -0.4 is 0 Å². The summed E-state index contributed by atoms with van der Waals surface area (Å²) in [5.74, 6) is 0. The first-order chi connectivity index (χ1) is 5.24. The molecule has 11 heavy (non-hydrogen) atoms. The van der Waals surface area contributed by atoms with E-state index in [0.29, 0.717) is 25.3 Å². The third-order valence-corrected chi connectivity index (χ3v) is 1.62. The first-order valence-electron chi connectivity index (χ1n) is 3.63. The molecular formula is C8H12O3. The molecule has 0 aromatic carbocycles. The lowest BCUT2D eigenvalue weighted by atomic mass is 9.88. The predicted octanol–water partition coefficient (Wildman–Crippen LogP) is 0.760. The molecule has 0 rings (SSSR count). The molecule has 0 aromatic rings. The van der Waals surface area contributed by atoms with Gasteiger partial charge in [0.2, 0.25) is 0 Å². The van der Waals surface area contributed by atoms with Crippen LogP contribution >= 0.6 is 0 Å². The van der Waals surface area contributed by atoms with Crippen molar-refractivity contribution in [1.29, 1.82) is 0 Å². The van der Waals surface area contributed by atoms with Crippen molar-refractivity contribution in [1.82, 2.24) is 0 Å².